The van der Waals surface area contributed by atoms with Crippen LogP contribution in [0.2, 0.25) is 0 Å². The summed E-state index contributed by atoms with van der Waals surface area (Å²) >= 11 is 1.19. The van der Waals surface area contributed by atoms with Crippen molar-refractivity contribution in [1.82, 2.24) is 0 Å². The van der Waals surface area contributed by atoms with Crippen LogP contribution in [-0.4, -0.2) is 23.9 Å². The second-order valence-corrected chi connectivity index (χ2v) is 8.08. The average molecular weight is 364 g/mol. The molecule has 1 aromatic heterocycles. The van der Waals surface area contributed by atoms with Gasteiger partial charge in [0.15, 0.2) is 6.10 Å². The number of esters is 1. The quantitative estimate of drug-likeness (QED) is 0.599. The monoisotopic (exact) mass is 364 g/mol. The molecule has 0 spiro atoms. The summed E-state index contributed by atoms with van der Waals surface area (Å²) in [4.78, 5) is 35.9. The molecule has 6 nitrogen and oxygen atoms in total. The lowest BCUT2D eigenvalue weighted by atomic mass is 10.1. The zero-order valence-corrected chi connectivity index (χ0v) is 15.9. The molecule has 1 aromatic rings. The van der Waals surface area contributed by atoms with Crippen LogP contribution in [0, 0.1) is 17.3 Å². The molecule has 1 heterocycles. The van der Waals surface area contributed by atoms with Crippen molar-refractivity contribution in [3.05, 3.63) is 28.7 Å². The third-order valence-electron chi connectivity index (χ3n) is 4.51. The van der Waals surface area contributed by atoms with Gasteiger partial charge >= 0.3 is 5.97 Å². The van der Waals surface area contributed by atoms with Crippen LogP contribution >= 0.6 is 11.3 Å². The van der Waals surface area contributed by atoms with Crippen molar-refractivity contribution in [1.29, 1.82) is 0 Å². The number of anilines is 1. The summed E-state index contributed by atoms with van der Waals surface area (Å²) in [6.45, 7) is 9.52. The first-order chi connectivity index (χ1) is 11.6. The van der Waals surface area contributed by atoms with Gasteiger partial charge in [-0.25, -0.2) is 0 Å². The molecule has 0 aromatic carbocycles. The zero-order chi connectivity index (χ0) is 18.9. The van der Waals surface area contributed by atoms with Gasteiger partial charge in [-0.2, -0.15) is 0 Å². The predicted octanol–water partition coefficient (Wildman–Crippen LogP) is 2.96. The molecule has 0 unspecified atom stereocenters. The van der Waals surface area contributed by atoms with E-state index in [2.05, 4.69) is 11.4 Å². The summed E-state index contributed by atoms with van der Waals surface area (Å²) in [6, 6.07) is 1.54. The van der Waals surface area contributed by atoms with Crippen molar-refractivity contribution in [2.24, 2.45) is 23.0 Å². The van der Waals surface area contributed by atoms with E-state index in [0.29, 0.717) is 5.00 Å². The van der Waals surface area contributed by atoms with Crippen LogP contribution in [0.1, 0.15) is 45.0 Å². The van der Waals surface area contributed by atoms with Crippen LogP contribution in [0.4, 0.5) is 5.00 Å². The van der Waals surface area contributed by atoms with E-state index < -0.39 is 17.9 Å². The van der Waals surface area contributed by atoms with Gasteiger partial charge in [0, 0.05) is 0 Å². The van der Waals surface area contributed by atoms with Gasteiger partial charge in [0.2, 0.25) is 0 Å². The summed E-state index contributed by atoms with van der Waals surface area (Å²) in [5.41, 5.74) is 6.47. The number of carbonyl (C=O) groups is 3. The molecule has 2 amide bonds. The minimum Gasteiger partial charge on any atom is -0.452 e. The lowest BCUT2D eigenvalue weighted by Crippen LogP contribution is -2.31. The molecular formula is C18H24N2O4S. The van der Waals surface area contributed by atoms with Crippen LogP contribution in [0.25, 0.3) is 0 Å². The Bertz CT molecular complexity index is 731. The SMILES string of the molecule is CC(C)=C[C@@H]1[C@@H](C(=O)O[C@H](C)C(=O)Nc2sccc2C(N)=O)C1(C)C. The van der Waals surface area contributed by atoms with E-state index >= 15 is 0 Å². The summed E-state index contributed by atoms with van der Waals surface area (Å²) in [6.07, 6.45) is 1.11. The molecule has 1 aliphatic rings. The first-order valence-electron chi connectivity index (χ1n) is 8.09. The van der Waals surface area contributed by atoms with E-state index in [1.165, 1.54) is 24.3 Å². The summed E-state index contributed by atoms with van der Waals surface area (Å²) < 4.78 is 5.34. The number of primary amides is 1. The Morgan fingerprint density at radius 3 is 2.56 bits per heavy atom. The fourth-order valence-corrected chi connectivity index (χ4v) is 3.71. The molecule has 1 aliphatic carbocycles. The van der Waals surface area contributed by atoms with Gasteiger partial charge in [0.05, 0.1) is 11.5 Å². The Kier molecular flexibility index (Phi) is 5.37. The van der Waals surface area contributed by atoms with Crippen LogP contribution in [0.3, 0.4) is 0 Å². The number of thiophene rings is 1. The highest BCUT2D eigenvalue weighted by atomic mass is 32.1. The highest BCUT2D eigenvalue weighted by Gasteiger charge is 2.61. The number of carbonyl (C=O) groups excluding carboxylic acids is 3. The molecule has 1 saturated carbocycles. The smallest absolute Gasteiger partial charge is 0.310 e. The number of amides is 2. The van der Waals surface area contributed by atoms with Gasteiger partial charge in [-0.05, 0) is 43.6 Å². The van der Waals surface area contributed by atoms with Gasteiger partial charge in [0.1, 0.15) is 5.00 Å². The van der Waals surface area contributed by atoms with Gasteiger partial charge in [-0.15, -0.1) is 11.3 Å². The number of nitrogens with two attached hydrogens (primary N) is 1. The molecule has 136 valence electrons. The fraction of sp³-hybridized carbons (Fsp3) is 0.500. The van der Waals surface area contributed by atoms with Crippen LogP contribution in [0.5, 0.6) is 0 Å². The van der Waals surface area contributed by atoms with E-state index in [1.54, 1.807) is 5.38 Å². The van der Waals surface area contributed by atoms with E-state index in [-0.39, 0.29) is 28.8 Å². The second kappa shape index (κ2) is 7.00. The Balaban J connectivity index is 1.97. The Hall–Kier alpha value is -2.15. The number of hydrogen-bond acceptors (Lipinski definition) is 5. The lowest BCUT2D eigenvalue weighted by molar-refractivity contribution is -0.155. The van der Waals surface area contributed by atoms with Crippen LogP contribution < -0.4 is 11.1 Å². The van der Waals surface area contributed by atoms with Gasteiger partial charge in [-0.1, -0.05) is 25.5 Å². The Labute approximate surface area is 151 Å². The van der Waals surface area contributed by atoms with Crippen LogP contribution in [-0.2, 0) is 14.3 Å². The molecule has 0 aliphatic heterocycles. The molecule has 0 bridgehead atoms. The maximum Gasteiger partial charge on any atom is 0.310 e. The molecular weight excluding hydrogens is 340 g/mol. The largest absolute Gasteiger partial charge is 0.452 e. The first kappa shape index (κ1) is 19.2. The summed E-state index contributed by atoms with van der Waals surface area (Å²) in [5, 5.41) is 4.60. The molecule has 0 radical (unpaired) electrons. The minimum atomic E-state index is -0.959. The fourth-order valence-electron chi connectivity index (χ4n) is 2.91. The molecule has 7 heteroatoms. The van der Waals surface area contributed by atoms with Crippen molar-refractivity contribution in [2.75, 3.05) is 5.32 Å². The van der Waals surface area contributed by atoms with E-state index in [9.17, 15) is 14.4 Å². The lowest BCUT2D eigenvalue weighted by Gasteiger charge is -2.14. The molecule has 3 N–H and O–H groups in total. The Morgan fingerprint density at radius 2 is 2.00 bits per heavy atom. The number of ether oxygens (including phenoxy) is 1. The van der Waals surface area contributed by atoms with E-state index in [1.807, 2.05) is 27.7 Å². The molecule has 3 atom stereocenters. The molecule has 0 saturated heterocycles. The zero-order valence-electron chi connectivity index (χ0n) is 15.1. The molecule has 1 fully saturated rings. The highest BCUT2D eigenvalue weighted by Crippen LogP contribution is 2.59. The van der Waals surface area contributed by atoms with Gasteiger partial charge < -0.3 is 15.8 Å². The molecule has 25 heavy (non-hydrogen) atoms. The van der Waals surface area contributed by atoms with Crippen molar-refractivity contribution >= 4 is 34.1 Å². The summed E-state index contributed by atoms with van der Waals surface area (Å²) in [7, 11) is 0. The summed E-state index contributed by atoms with van der Waals surface area (Å²) in [5.74, 6) is -1.61. The third kappa shape index (κ3) is 4.10. The van der Waals surface area contributed by atoms with Crippen LogP contribution in [0.15, 0.2) is 23.1 Å². The number of allylic oxidation sites excluding steroid dienone is 2. The third-order valence-corrected chi connectivity index (χ3v) is 5.34. The average Bonchev–Trinajstić information content (AvgIpc) is 2.84. The first-order valence-corrected chi connectivity index (χ1v) is 8.97. The maximum atomic E-state index is 12.4. The van der Waals surface area contributed by atoms with E-state index in [0.717, 1.165) is 5.57 Å². The second-order valence-electron chi connectivity index (χ2n) is 7.16. The highest BCUT2D eigenvalue weighted by molar-refractivity contribution is 7.14. The number of rotatable bonds is 6. The number of nitrogens with one attached hydrogen (secondary N) is 1. The Morgan fingerprint density at radius 1 is 1.36 bits per heavy atom. The molecule has 2 rings (SSSR count). The predicted molar refractivity (Wildman–Crippen MR) is 97.2 cm³/mol. The maximum absolute atomic E-state index is 12.4. The number of hydrogen-bond donors (Lipinski definition) is 2. The van der Waals surface area contributed by atoms with Crippen molar-refractivity contribution < 1.29 is 19.1 Å². The minimum absolute atomic E-state index is 0.124. The van der Waals surface area contributed by atoms with Gasteiger partial charge in [-0.3, -0.25) is 14.4 Å². The van der Waals surface area contributed by atoms with Crippen molar-refractivity contribution in [3.63, 3.8) is 0 Å². The standard InChI is InChI=1S/C18H24N2O4S/c1-9(2)8-12-13(18(12,4)5)17(23)24-10(3)15(22)20-16-11(14(19)21)6-7-25-16/h6-8,10,12-13H,1-5H3,(H2,19,21)(H,20,22)/t10-,12-,13+/m1/s1. The van der Waals surface area contributed by atoms with E-state index in [4.69, 9.17) is 10.5 Å². The van der Waals surface area contributed by atoms with Crippen molar-refractivity contribution in [3.8, 4) is 0 Å². The van der Waals surface area contributed by atoms with Gasteiger partial charge in [0.25, 0.3) is 11.8 Å². The topological polar surface area (TPSA) is 98.5 Å². The normalized spacial score (nSPS) is 21.8. The van der Waals surface area contributed by atoms with Crippen molar-refractivity contribution in [2.45, 2.75) is 40.7 Å².